The maximum atomic E-state index is 5.76. The van der Waals surface area contributed by atoms with Crippen LogP contribution in [0.4, 0.5) is 0 Å². The van der Waals surface area contributed by atoms with Crippen molar-refractivity contribution in [3.63, 3.8) is 0 Å². The molecule has 1 atom stereocenters. The van der Waals surface area contributed by atoms with Crippen LogP contribution in [-0.4, -0.2) is 15.8 Å². The van der Waals surface area contributed by atoms with E-state index in [0.717, 1.165) is 25.1 Å². The van der Waals surface area contributed by atoms with Gasteiger partial charge in [0.15, 0.2) is 0 Å². The molecular weight excluding hydrogens is 260 g/mol. The smallest absolute Gasteiger partial charge is 0.0596 e. The number of aryl methyl sites for hydroxylation is 4. The lowest BCUT2D eigenvalue weighted by Crippen LogP contribution is -2.39. The molecule has 2 aromatic rings. The van der Waals surface area contributed by atoms with Crippen molar-refractivity contribution < 1.29 is 0 Å². The average Bonchev–Trinajstić information content (AvgIpc) is 2.82. The number of aromatic nitrogens is 2. The number of nitrogens with two attached hydrogens (primary N) is 1. The largest absolute Gasteiger partial charge is 0.271 e. The summed E-state index contributed by atoms with van der Waals surface area (Å²) in [6, 6.07) is 8.98. The molecule has 1 unspecified atom stereocenters. The predicted molar refractivity (Wildman–Crippen MR) is 87.1 cm³/mol. The fourth-order valence-electron chi connectivity index (χ4n) is 2.69. The minimum Gasteiger partial charge on any atom is -0.271 e. The van der Waals surface area contributed by atoms with Crippen LogP contribution in [-0.2, 0) is 19.4 Å². The summed E-state index contributed by atoms with van der Waals surface area (Å²) in [5.74, 6) is 5.76. The first-order chi connectivity index (χ1) is 10.0. The molecule has 1 aromatic carbocycles. The van der Waals surface area contributed by atoms with E-state index in [1.54, 1.807) is 0 Å². The molecule has 21 heavy (non-hydrogen) atoms. The summed E-state index contributed by atoms with van der Waals surface area (Å²) >= 11 is 0. The third kappa shape index (κ3) is 3.93. The lowest BCUT2D eigenvalue weighted by atomic mass is 9.98. The quantitative estimate of drug-likeness (QED) is 0.633. The van der Waals surface area contributed by atoms with Crippen LogP contribution in [0.25, 0.3) is 0 Å². The van der Waals surface area contributed by atoms with Gasteiger partial charge in [-0.3, -0.25) is 16.0 Å². The molecule has 0 radical (unpaired) electrons. The van der Waals surface area contributed by atoms with E-state index in [0.29, 0.717) is 0 Å². The molecule has 0 aliphatic heterocycles. The van der Waals surface area contributed by atoms with Crippen molar-refractivity contribution in [3.05, 3.63) is 52.3 Å². The first-order valence-electron chi connectivity index (χ1n) is 7.59. The molecule has 0 fully saturated rings. The van der Waals surface area contributed by atoms with Gasteiger partial charge in [-0.15, -0.1) is 0 Å². The van der Waals surface area contributed by atoms with E-state index in [2.05, 4.69) is 60.2 Å². The van der Waals surface area contributed by atoms with Gasteiger partial charge in [0.2, 0.25) is 0 Å². The van der Waals surface area contributed by atoms with E-state index in [1.165, 1.54) is 22.4 Å². The van der Waals surface area contributed by atoms with Crippen molar-refractivity contribution in [3.8, 4) is 0 Å². The van der Waals surface area contributed by atoms with Crippen LogP contribution in [0, 0.1) is 20.8 Å². The van der Waals surface area contributed by atoms with E-state index in [4.69, 9.17) is 5.84 Å². The molecule has 0 aliphatic carbocycles. The number of benzene rings is 1. The van der Waals surface area contributed by atoms with Gasteiger partial charge >= 0.3 is 0 Å². The highest BCUT2D eigenvalue weighted by Gasteiger charge is 2.13. The van der Waals surface area contributed by atoms with Gasteiger partial charge in [0.05, 0.1) is 5.69 Å². The number of hydrogen-bond donors (Lipinski definition) is 2. The average molecular weight is 286 g/mol. The molecule has 0 aliphatic rings. The number of nitrogens with one attached hydrogen (secondary N) is 1. The van der Waals surface area contributed by atoms with Crippen molar-refractivity contribution in [2.45, 2.75) is 53.1 Å². The summed E-state index contributed by atoms with van der Waals surface area (Å²) in [6.07, 6.45) is 1.81. The third-order valence-electron chi connectivity index (χ3n) is 4.03. The normalized spacial score (nSPS) is 12.6. The Balaban J connectivity index is 2.10. The standard InChI is InChI=1S/C17H26N4/c1-5-21-17(9-14(4)20-21)11-16(19-18)10-15-7-6-12(2)13(3)8-15/h6-9,16,19H,5,10-11,18H2,1-4H3. The molecule has 1 heterocycles. The second-order valence-electron chi connectivity index (χ2n) is 5.78. The summed E-state index contributed by atoms with van der Waals surface area (Å²) in [4.78, 5) is 0. The molecule has 1 aromatic heterocycles. The SMILES string of the molecule is CCn1nc(C)cc1CC(Cc1ccc(C)c(C)c1)NN. The van der Waals surface area contributed by atoms with Crippen molar-refractivity contribution in [2.24, 2.45) is 5.84 Å². The van der Waals surface area contributed by atoms with Gasteiger partial charge < -0.3 is 0 Å². The molecular formula is C17H26N4. The minimum atomic E-state index is 0.216. The Hall–Kier alpha value is -1.65. The zero-order chi connectivity index (χ0) is 15.4. The maximum Gasteiger partial charge on any atom is 0.0596 e. The first kappa shape index (κ1) is 15.7. The Morgan fingerprint density at radius 1 is 1.14 bits per heavy atom. The van der Waals surface area contributed by atoms with Crippen LogP contribution in [0.1, 0.15) is 35.0 Å². The van der Waals surface area contributed by atoms with Crippen molar-refractivity contribution in [2.75, 3.05) is 0 Å². The highest BCUT2D eigenvalue weighted by atomic mass is 15.3. The van der Waals surface area contributed by atoms with Crippen molar-refractivity contribution in [1.82, 2.24) is 15.2 Å². The number of nitrogens with zero attached hydrogens (tertiary/aromatic N) is 2. The van der Waals surface area contributed by atoms with Crippen LogP contribution in [0.3, 0.4) is 0 Å². The molecule has 0 amide bonds. The zero-order valence-corrected chi connectivity index (χ0v) is 13.5. The molecule has 114 valence electrons. The van der Waals surface area contributed by atoms with Crippen LogP contribution < -0.4 is 11.3 Å². The Labute approximate surface area is 127 Å². The third-order valence-corrected chi connectivity index (χ3v) is 4.03. The molecule has 0 bridgehead atoms. The molecule has 2 rings (SSSR count). The molecule has 3 N–H and O–H groups in total. The fourth-order valence-corrected chi connectivity index (χ4v) is 2.69. The molecule has 0 saturated carbocycles. The van der Waals surface area contributed by atoms with Crippen molar-refractivity contribution in [1.29, 1.82) is 0 Å². The number of rotatable bonds is 6. The zero-order valence-electron chi connectivity index (χ0n) is 13.5. The summed E-state index contributed by atoms with van der Waals surface area (Å²) < 4.78 is 2.06. The predicted octanol–water partition coefficient (Wildman–Crippen LogP) is 2.45. The van der Waals surface area contributed by atoms with Gasteiger partial charge in [0.1, 0.15) is 0 Å². The summed E-state index contributed by atoms with van der Waals surface area (Å²) in [7, 11) is 0. The van der Waals surface area contributed by atoms with E-state index in [-0.39, 0.29) is 6.04 Å². The first-order valence-corrected chi connectivity index (χ1v) is 7.59. The Morgan fingerprint density at radius 2 is 1.90 bits per heavy atom. The van der Waals surface area contributed by atoms with Gasteiger partial charge in [-0.05, 0) is 56.9 Å². The molecule has 4 heteroatoms. The lowest BCUT2D eigenvalue weighted by Gasteiger charge is -2.17. The monoisotopic (exact) mass is 286 g/mol. The molecule has 0 spiro atoms. The Morgan fingerprint density at radius 3 is 2.52 bits per heavy atom. The van der Waals surface area contributed by atoms with Gasteiger partial charge in [0.25, 0.3) is 0 Å². The maximum absolute atomic E-state index is 5.76. The van der Waals surface area contributed by atoms with Crippen molar-refractivity contribution >= 4 is 0 Å². The van der Waals surface area contributed by atoms with E-state index >= 15 is 0 Å². The lowest BCUT2D eigenvalue weighted by molar-refractivity contribution is 0.496. The van der Waals surface area contributed by atoms with Gasteiger partial charge in [-0.2, -0.15) is 5.10 Å². The Bertz CT molecular complexity index is 601. The molecule has 0 saturated heterocycles. The van der Waals surface area contributed by atoms with E-state index < -0.39 is 0 Å². The van der Waals surface area contributed by atoms with Gasteiger partial charge in [0, 0.05) is 24.7 Å². The van der Waals surface area contributed by atoms with E-state index in [9.17, 15) is 0 Å². The van der Waals surface area contributed by atoms with Crippen LogP contribution in [0.5, 0.6) is 0 Å². The minimum absolute atomic E-state index is 0.216. The second-order valence-corrected chi connectivity index (χ2v) is 5.78. The van der Waals surface area contributed by atoms with Gasteiger partial charge in [-0.25, -0.2) is 0 Å². The summed E-state index contributed by atoms with van der Waals surface area (Å²) in [6.45, 7) is 9.33. The van der Waals surface area contributed by atoms with Crippen LogP contribution in [0.2, 0.25) is 0 Å². The summed E-state index contributed by atoms with van der Waals surface area (Å²) in [5.41, 5.74) is 9.23. The van der Waals surface area contributed by atoms with E-state index in [1.807, 2.05) is 6.92 Å². The highest BCUT2D eigenvalue weighted by molar-refractivity contribution is 5.30. The van der Waals surface area contributed by atoms with Crippen LogP contribution >= 0.6 is 0 Å². The summed E-state index contributed by atoms with van der Waals surface area (Å²) in [5, 5.41) is 4.50. The second kappa shape index (κ2) is 6.87. The number of hydrogen-bond acceptors (Lipinski definition) is 3. The Kier molecular flexibility index (Phi) is 5.15. The van der Waals surface area contributed by atoms with Crippen LogP contribution in [0.15, 0.2) is 24.3 Å². The van der Waals surface area contributed by atoms with Gasteiger partial charge in [-0.1, -0.05) is 18.2 Å². The highest BCUT2D eigenvalue weighted by Crippen LogP contribution is 2.14. The number of hydrazine groups is 1. The molecule has 4 nitrogen and oxygen atoms in total. The fraction of sp³-hybridized carbons (Fsp3) is 0.471. The topological polar surface area (TPSA) is 55.9 Å².